The Balaban J connectivity index is 1.94. The van der Waals surface area contributed by atoms with Gasteiger partial charge in [-0.1, -0.05) is 19.1 Å². The molecule has 2 nitrogen and oxygen atoms in total. The van der Waals surface area contributed by atoms with Gasteiger partial charge in [-0.15, -0.1) is 0 Å². The van der Waals surface area contributed by atoms with E-state index in [1.54, 1.807) is 12.1 Å². The Labute approximate surface area is 122 Å². The zero-order chi connectivity index (χ0) is 14.4. The van der Waals surface area contributed by atoms with Gasteiger partial charge >= 0.3 is 0 Å². The number of hydrogen-bond acceptors (Lipinski definition) is 2. The third-order valence-electron chi connectivity index (χ3n) is 4.31. The lowest BCUT2D eigenvalue weighted by Crippen LogP contribution is -2.32. The quantitative estimate of drug-likeness (QED) is 0.817. The summed E-state index contributed by atoms with van der Waals surface area (Å²) < 4.78 is 13.1. The Bertz CT molecular complexity index is 390. The maximum absolute atomic E-state index is 13.1. The molecule has 0 aromatic heterocycles. The van der Waals surface area contributed by atoms with Gasteiger partial charge in [0.05, 0.1) is 0 Å². The van der Waals surface area contributed by atoms with E-state index in [1.165, 1.54) is 24.9 Å². The number of hydrogen-bond donors (Lipinski definition) is 1. The van der Waals surface area contributed by atoms with Gasteiger partial charge in [-0.05, 0) is 63.4 Å². The van der Waals surface area contributed by atoms with Crippen LogP contribution in [-0.2, 0) is 0 Å². The highest BCUT2D eigenvalue weighted by atomic mass is 19.1. The van der Waals surface area contributed by atoms with Crippen molar-refractivity contribution in [1.29, 1.82) is 0 Å². The molecule has 1 aliphatic heterocycles. The summed E-state index contributed by atoms with van der Waals surface area (Å²) >= 11 is 0. The Morgan fingerprint density at radius 1 is 1.35 bits per heavy atom. The zero-order valence-corrected chi connectivity index (χ0v) is 12.7. The molecule has 0 amide bonds. The van der Waals surface area contributed by atoms with E-state index in [2.05, 4.69) is 24.1 Å². The highest BCUT2D eigenvalue weighted by Crippen LogP contribution is 2.22. The molecular weight excluding hydrogens is 251 g/mol. The largest absolute Gasteiger partial charge is 0.310 e. The van der Waals surface area contributed by atoms with Crippen molar-refractivity contribution in [3.05, 3.63) is 35.6 Å². The van der Waals surface area contributed by atoms with E-state index in [0.717, 1.165) is 32.0 Å². The van der Waals surface area contributed by atoms with Crippen LogP contribution < -0.4 is 5.32 Å². The average molecular weight is 278 g/mol. The van der Waals surface area contributed by atoms with Gasteiger partial charge in [-0.3, -0.25) is 0 Å². The van der Waals surface area contributed by atoms with E-state index < -0.39 is 0 Å². The highest BCUT2D eigenvalue weighted by molar-refractivity contribution is 5.20. The number of benzene rings is 1. The van der Waals surface area contributed by atoms with Crippen LogP contribution in [-0.4, -0.2) is 30.6 Å². The van der Waals surface area contributed by atoms with Crippen LogP contribution in [0.25, 0.3) is 0 Å². The summed E-state index contributed by atoms with van der Waals surface area (Å²) in [6.07, 6.45) is 4.86. The number of likely N-dealkylation sites (tertiary alicyclic amines) is 1. The Morgan fingerprint density at radius 2 is 2.10 bits per heavy atom. The SMILES string of the molecule is CCCNC(CCN1CCCC1C)c1ccc(F)cc1. The predicted molar refractivity (Wildman–Crippen MR) is 82.3 cm³/mol. The normalized spacial score (nSPS) is 21.2. The third kappa shape index (κ3) is 4.29. The van der Waals surface area contributed by atoms with E-state index in [-0.39, 0.29) is 5.82 Å². The fraction of sp³-hybridized carbons (Fsp3) is 0.647. The van der Waals surface area contributed by atoms with Crippen LogP contribution in [0.4, 0.5) is 4.39 Å². The molecule has 0 spiro atoms. The first-order chi connectivity index (χ1) is 9.70. The van der Waals surface area contributed by atoms with Crippen LogP contribution in [0.15, 0.2) is 24.3 Å². The zero-order valence-electron chi connectivity index (χ0n) is 12.7. The number of nitrogens with zero attached hydrogens (tertiary/aromatic N) is 1. The molecule has 0 saturated carbocycles. The lowest BCUT2D eigenvalue weighted by molar-refractivity contribution is 0.251. The van der Waals surface area contributed by atoms with E-state index in [9.17, 15) is 4.39 Å². The molecule has 0 bridgehead atoms. The Hall–Kier alpha value is -0.930. The molecule has 0 radical (unpaired) electrons. The average Bonchev–Trinajstić information content (AvgIpc) is 2.86. The standard InChI is InChI=1S/C17H27FN2/c1-3-11-19-17(15-6-8-16(18)9-7-15)10-13-20-12-4-5-14(20)2/h6-9,14,17,19H,3-5,10-13H2,1-2H3. The van der Waals surface area contributed by atoms with Gasteiger partial charge in [-0.2, -0.15) is 0 Å². The van der Waals surface area contributed by atoms with Crippen molar-refractivity contribution in [1.82, 2.24) is 10.2 Å². The molecule has 20 heavy (non-hydrogen) atoms. The molecule has 2 atom stereocenters. The first kappa shape index (κ1) is 15.5. The van der Waals surface area contributed by atoms with Crippen LogP contribution in [0.5, 0.6) is 0 Å². The first-order valence-electron chi connectivity index (χ1n) is 7.93. The molecule has 112 valence electrons. The van der Waals surface area contributed by atoms with Crippen molar-refractivity contribution in [2.75, 3.05) is 19.6 Å². The minimum Gasteiger partial charge on any atom is -0.310 e. The van der Waals surface area contributed by atoms with Gasteiger partial charge in [0.15, 0.2) is 0 Å². The molecule has 3 heteroatoms. The fourth-order valence-electron chi connectivity index (χ4n) is 3.02. The van der Waals surface area contributed by atoms with Crippen molar-refractivity contribution in [3.8, 4) is 0 Å². The molecule has 1 fully saturated rings. The molecular formula is C17H27FN2. The molecule has 1 aromatic rings. The first-order valence-corrected chi connectivity index (χ1v) is 7.93. The molecule has 2 unspecified atom stereocenters. The van der Waals surface area contributed by atoms with E-state index in [0.29, 0.717) is 6.04 Å². The lowest BCUT2D eigenvalue weighted by atomic mass is 10.0. The molecule has 1 N–H and O–H groups in total. The van der Waals surface area contributed by atoms with E-state index in [4.69, 9.17) is 0 Å². The smallest absolute Gasteiger partial charge is 0.123 e. The van der Waals surface area contributed by atoms with Crippen LogP contribution in [0.1, 0.15) is 51.1 Å². The molecule has 2 rings (SSSR count). The van der Waals surface area contributed by atoms with Gasteiger partial charge in [0.25, 0.3) is 0 Å². The second-order valence-corrected chi connectivity index (χ2v) is 5.87. The van der Waals surface area contributed by atoms with Crippen LogP contribution in [0.2, 0.25) is 0 Å². The highest BCUT2D eigenvalue weighted by Gasteiger charge is 2.21. The van der Waals surface area contributed by atoms with Gasteiger partial charge in [0.2, 0.25) is 0 Å². The maximum Gasteiger partial charge on any atom is 0.123 e. The summed E-state index contributed by atoms with van der Waals surface area (Å²) in [6.45, 7) is 7.86. The minimum absolute atomic E-state index is 0.156. The summed E-state index contributed by atoms with van der Waals surface area (Å²) in [5, 5.41) is 3.59. The number of nitrogens with one attached hydrogen (secondary N) is 1. The molecule has 0 aliphatic carbocycles. The van der Waals surface area contributed by atoms with Gasteiger partial charge in [-0.25, -0.2) is 4.39 Å². The monoisotopic (exact) mass is 278 g/mol. The Kier molecular flexibility index (Phi) is 5.99. The van der Waals surface area contributed by atoms with Crippen LogP contribution >= 0.6 is 0 Å². The van der Waals surface area contributed by atoms with Crippen molar-refractivity contribution < 1.29 is 4.39 Å². The van der Waals surface area contributed by atoms with Crippen molar-refractivity contribution in [2.24, 2.45) is 0 Å². The lowest BCUT2D eigenvalue weighted by Gasteiger charge is -2.25. The maximum atomic E-state index is 13.1. The Morgan fingerprint density at radius 3 is 2.70 bits per heavy atom. The minimum atomic E-state index is -0.156. The summed E-state index contributed by atoms with van der Waals surface area (Å²) in [4.78, 5) is 2.57. The molecule has 1 aliphatic rings. The number of halogens is 1. The summed E-state index contributed by atoms with van der Waals surface area (Å²) in [5.74, 6) is -0.156. The van der Waals surface area contributed by atoms with Gasteiger partial charge < -0.3 is 10.2 Å². The van der Waals surface area contributed by atoms with Crippen LogP contribution in [0.3, 0.4) is 0 Å². The molecule has 1 heterocycles. The van der Waals surface area contributed by atoms with Crippen molar-refractivity contribution in [2.45, 2.75) is 51.6 Å². The summed E-state index contributed by atoms with van der Waals surface area (Å²) in [6, 6.07) is 8.01. The second-order valence-electron chi connectivity index (χ2n) is 5.87. The molecule has 1 aromatic carbocycles. The molecule has 1 saturated heterocycles. The van der Waals surface area contributed by atoms with E-state index in [1.807, 2.05) is 12.1 Å². The topological polar surface area (TPSA) is 15.3 Å². The van der Waals surface area contributed by atoms with Gasteiger partial charge in [0, 0.05) is 18.6 Å². The third-order valence-corrected chi connectivity index (χ3v) is 4.31. The summed E-state index contributed by atoms with van der Waals surface area (Å²) in [5.41, 5.74) is 1.20. The second kappa shape index (κ2) is 7.75. The summed E-state index contributed by atoms with van der Waals surface area (Å²) in [7, 11) is 0. The number of rotatable bonds is 7. The van der Waals surface area contributed by atoms with Crippen molar-refractivity contribution >= 4 is 0 Å². The predicted octanol–water partition coefficient (Wildman–Crippen LogP) is 3.74. The fourth-order valence-corrected chi connectivity index (χ4v) is 3.02. The van der Waals surface area contributed by atoms with Crippen molar-refractivity contribution in [3.63, 3.8) is 0 Å². The van der Waals surface area contributed by atoms with E-state index >= 15 is 0 Å². The van der Waals surface area contributed by atoms with Gasteiger partial charge in [0.1, 0.15) is 5.82 Å². The van der Waals surface area contributed by atoms with Crippen LogP contribution in [0, 0.1) is 5.82 Å².